The molecular formula is C17H13FN4O2. The summed E-state index contributed by atoms with van der Waals surface area (Å²) in [6, 6.07) is 7.28. The van der Waals surface area contributed by atoms with Gasteiger partial charge in [0.25, 0.3) is 5.89 Å². The van der Waals surface area contributed by atoms with Crippen molar-refractivity contribution in [3.8, 4) is 17.5 Å². The summed E-state index contributed by atoms with van der Waals surface area (Å²) < 4.78 is 23.6. The van der Waals surface area contributed by atoms with Crippen LogP contribution in [-0.4, -0.2) is 29.6 Å². The van der Waals surface area contributed by atoms with E-state index in [-0.39, 0.29) is 11.7 Å². The first-order valence-electron chi connectivity index (χ1n) is 7.14. The third kappa shape index (κ3) is 3.45. The van der Waals surface area contributed by atoms with Gasteiger partial charge in [-0.15, -0.1) is 0 Å². The fourth-order valence-electron chi connectivity index (χ4n) is 2.20. The second-order valence-corrected chi connectivity index (χ2v) is 5.05. The van der Waals surface area contributed by atoms with Crippen LogP contribution >= 0.6 is 0 Å². The summed E-state index contributed by atoms with van der Waals surface area (Å²) in [5.41, 5.74) is 2.29. The second-order valence-electron chi connectivity index (χ2n) is 5.05. The highest BCUT2D eigenvalue weighted by Crippen LogP contribution is 2.24. The highest BCUT2D eigenvalue weighted by atomic mass is 19.1. The smallest absolute Gasteiger partial charge is 0.258 e. The number of allylic oxidation sites excluding steroid dienone is 3. The van der Waals surface area contributed by atoms with Gasteiger partial charge in [-0.3, -0.25) is 4.99 Å². The first-order valence-corrected chi connectivity index (χ1v) is 7.14. The number of ether oxygens (including phenoxy) is 1. The van der Waals surface area contributed by atoms with Crippen LogP contribution in [0, 0.1) is 11.3 Å². The number of aromatic nitrogens is 2. The molecule has 24 heavy (non-hydrogen) atoms. The molecule has 0 fully saturated rings. The van der Waals surface area contributed by atoms with E-state index in [9.17, 15) is 4.39 Å². The van der Waals surface area contributed by atoms with Gasteiger partial charge in [-0.25, -0.2) is 4.39 Å². The van der Waals surface area contributed by atoms with E-state index in [0.717, 1.165) is 5.56 Å². The molecule has 3 rings (SSSR count). The molecule has 1 aromatic carbocycles. The van der Waals surface area contributed by atoms with Crippen LogP contribution in [0.3, 0.4) is 0 Å². The van der Waals surface area contributed by atoms with Gasteiger partial charge in [-0.05, 0) is 35.9 Å². The van der Waals surface area contributed by atoms with Gasteiger partial charge < -0.3 is 9.26 Å². The van der Waals surface area contributed by atoms with Crippen molar-refractivity contribution in [2.24, 2.45) is 4.99 Å². The van der Waals surface area contributed by atoms with Crippen molar-refractivity contribution >= 4 is 11.9 Å². The SMILES string of the molecule is COCc1cc(C#N)cc(-c2nc(C3=CC=CC(F)C=N3)no2)c1. The minimum absolute atomic E-state index is 0.246. The Hall–Kier alpha value is -3.11. The molecule has 0 saturated carbocycles. The Morgan fingerprint density at radius 3 is 3.04 bits per heavy atom. The van der Waals surface area contributed by atoms with Crippen LogP contribution < -0.4 is 0 Å². The number of hydrogen-bond acceptors (Lipinski definition) is 6. The maximum Gasteiger partial charge on any atom is 0.258 e. The van der Waals surface area contributed by atoms with Crippen LogP contribution in [-0.2, 0) is 11.3 Å². The number of alkyl halides is 1. The lowest BCUT2D eigenvalue weighted by atomic mass is 10.1. The first kappa shape index (κ1) is 15.8. The van der Waals surface area contributed by atoms with Crippen LogP contribution in [0.4, 0.5) is 4.39 Å². The predicted molar refractivity (Wildman–Crippen MR) is 85.7 cm³/mol. The molecule has 7 heteroatoms. The fourth-order valence-corrected chi connectivity index (χ4v) is 2.20. The maximum absolute atomic E-state index is 13.2. The van der Waals surface area contributed by atoms with Crippen molar-refractivity contribution in [3.05, 3.63) is 53.4 Å². The Bertz CT molecular complexity index is 877. The van der Waals surface area contributed by atoms with E-state index in [1.165, 1.54) is 12.3 Å². The van der Waals surface area contributed by atoms with Gasteiger partial charge in [-0.1, -0.05) is 11.2 Å². The van der Waals surface area contributed by atoms with Crippen molar-refractivity contribution in [2.75, 3.05) is 7.11 Å². The molecule has 1 unspecified atom stereocenters. The van der Waals surface area contributed by atoms with E-state index in [4.69, 9.17) is 14.5 Å². The van der Waals surface area contributed by atoms with Gasteiger partial charge in [0.1, 0.15) is 5.70 Å². The lowest BCUT2D eigenvalue weighted by Crippen LogP contribution is -1.94. The standard InChI is InChI=1S/C17H13FN4O2/c1-23-10-12-5-11(8-19)6-13(7-12)17-21-16(22-24-17)15-4-2-3-14(18)9-20-15/h2-7,9,14H,10H2,1H3. The third-order valence-corrected chi connectivity index (χ3v) is 3.24. The minimum atomic E-state index is -1.24. The molecule has 1 atom stereocenters. The van der Waals surface area contributed by atoms with E-state index in [1.807, 2.05) is 6.07 Å². The summed E-state index contributed by atoms with van der Waals surface area (Å²) >= 11 is 0. The zero-order valence-electron chi connectivity index (χ0n) is 12.8. The Kier molecular flexibility index (Phi) is 4.59. The lowest BCUT2D eigenvalue weighted by Gasteiger charge is -2.02. The summed E-state index contributed by atoms with van der Waals surface area (Å²) in [7, 11) is 1.58. The molecule has 0 aliphatic carbocycles. The number of halogens is 1. The zero-order valence-corrected chi connectivity index (χ0v) is 12.8. The molecule has 120 valence electrons. The van der Waals surface area contributed by atoms with E-state index in [1.54, 1.807) is 31.4 Å². The quantitative estimate of drug-likeness (QED) is 0.863. The van der Waals surface area contributed by atoms with Crippen molar-refractivity contribution in [1.82, 2.24) is 10.1 Å². The van der Waals surface area contributed by atoms with E-state index in [2.05, 4.69) is 21.2 Å². The Labute approximate surface area is 137 Å². The Morgan fingerprint density at radius 2 is 2.25 bits per heavy atom. The Morgan fingerprint density at radius 1 is 1.38 bits per heavy atom. The van der Waals surface area contributed by atoms with Crippen LogP contribution in [0.5, 0.6) is 0 Å². The summed E-state index contributed by atoms with van der Waals surface area (Å²) in [6.45, 7) is 0.363. The molecule has 0 saturated heterocycles. The summed E-state index contributed by atoms with van der Waals surface area (Å²) in [6.07, 6.45) is 4.44. The van der Waals surface area contributed by atoms with Crippen molar-refractivity contribution in [1.29, 1.82) is 5.26 Å². The molecule has 0 radical (unpaired) electrons. The number of aliphatic imine (C=N–C) groups is 1. The largest absolute Gasteiger partial charge is 0.380 e. The lowest BCUT2D eigenvalue weighted by molar-refractivity contribution is 0.185. The van der Waals surface area contributed by atoms with Gasteiger partial charge >= 0.3 is 0 Å². The van der Waals surface area contributed by atoms with Crippen LogP contribution in [0.25, 0.3) is 17.2 Å². The monoisotopic (exact) mass is 324 g/mol. The molecule has 0 amide bonds. The third-order valence-electron chi connectivity index (χ3n) is 3.24. The highest BCUT2D eigenvalue weighted by molar-refractivity contribution is 5.77. The number of methoxy groups -OCH3 is 1. The molecule has 2 aromatic rings. The van der Waals surface area contributed by atoms with E-state index >= 15 is 0 Å². The van der Waals surface area contributed by atoms with Crippen molar-refractivity contribution < 1.29 is 13.7 Å². The molecule has 1 aromatic heterocycles. The van der Waals surface area contributed by atoms with Crippen LogP contribution in [0.15, 0.2) is 45.9 Å². The molecule has 6 nitrogen and oxygen atoms in total. The minimum Gasteiger partial charge on any atom is -0.380 e. The number of nitriles is 1. The van der Waals surface area contributed by atoms with Crippen molar-refractivity contribution in [2.45, 2.75) is 12.8 Å². The average molecular weight is 324 g/mol. The van der Waals surface area contributed by atoms with Gasteiger partial charge in [0.05, 0.1) is 18.2 Å². The fraction of sp³-hybridized carbons (Fsp3) is 0.176. The Balaban J connectivity index is 1.95. The first-order chi connectivity index (χ1) is 11.7. The van der Waals surface area contributed by atoms with Crippen LogP contribution in [0.1, 0.15) is 17.0 Å². The number of hydrogen-bond donors (Lipinski definition) is 0. The van der Waals surface area contributed by atoms with Crippen molar-refractivity contribution in [3.63, 3.8) is 0 Å². The average Bonchev–Trinajstić information content (AvgIpc) is 2.98. The molecule has 1 aliphatic heterocycles. The van der Waals surface area contributed by atoms with Crippen LogP contribution in [0.2, 0.25) is 0 Å². The number of rotatable bonds is 4. The molecular weight excluding hydrogens is 311 g/mol. The highest BCUT2D eigenvalue weighted by Gasteiger charge is 2.14. The van der Waals surface area contributed by atoms with E-state index in [0.29, 0.717) is 23.4 Å². The van der Waals surface area contributed by atoms with E-state index < -0.39 is 6.17 Å². The summed E-state index contributed by atoms with van der Waals surface area (Å²) in [4.78, 5) is 8.28. The maximum atomic E-state index is 13.2. The predicted octanol–water partition coefficient (Wildman–Crippen LogP) is 3.07. The van der Waals surface area contributed by atoms with Gasteiger partial charge in [0.2, 0.25) is 5.82 Å². The zero-order chi connectivity index (χ0) is 16.9. The molecule has 0 N–H and O–H groups in total. The van der Waals surface area contributed by atoms with Gasteiger partial charge in [-0.2, -0.15) is 10.2 Å². The summed E-state index contributed by atoms with van der Waals surface area (Å²) in [5, 5.41) is 13.0. The summed E-state index contributed by atoms with van der Waals surface area (Å²) in [5.74, 6) is 0.497. The normalized spacial score (nSPS) is 16.5. The molecule has 1 aliphatic rings. The molecule has 0 bridgehead atoms. The molecule has 2 heterocycles. The number of nitrogens with zero attached hydrogens (tertiary/aromatic N) is 4. The number of benzene rings is 1. The molecule has 0 spiro atoms. The topological polar surface area (TPSA) is 84.3 Å². The van der Waals surface area contributed by atoms with Gasteiger partial charge in [0, 0.05) is 18.9 Å². The van der Waals surface area contributed by atoms with Gasteiger partial charge in [0.15, 0.2) is 6.17 Å². The second kappa shape index (κ2) is 6.98.